The first-order valence-electron chi connectivity index (χ1n) is 11.0. The highest BCUT2D eigenvalue weighted by Gasteiger charge is 2.13. The van der Waals surface area contributed by atoms with Crippen LogP contribution in [0.5, 0.6) is 5.75 Å². The Balaban J connectivity index is 1.66. The molecule has 0 fully saturated rings. The molecule has 0 aliphatic rings. The lowest BCUT2D eigenvalue weighted by molar-refractivity contribution is -0.118. The van der Waals surface area contributed by atoms with Crippen molar-refractivity contribution in [3.05, 3.63) is 92.5 Å². The lowest BCUT2D eigenvalue weighted by Crippen LogP contribution is -2.20. The number of aryl methyl sites for hydroxylation is 2. The lowest BCUT2D eigenvalue weighted by Gasteiger charge is -2.12. The van der Waals surface area contributed by atoms with E-state index in [1.807, 2.05) is 64.1 Å². The summed E-state index contributed by atoms with van der Waals surface area (Å²) in [6.07, 6.45) is 1.50. The van der Waals surface area contributed by atoms with Crippen molar-refractivity contribution < 1.29 is 14.3 Å². The van der Waals surface area contributed by atoms with Crippen molar-refractivity contribution in [2.24, 2.45) is 0 Å². The Morgan fingerprint density at radius 2 is 1.54 bits per heavy atom. The fourth-order valence-corrected chi connectivity index (χ4v) is 3.84. The Bertz CT molecular complexity index is 1360. The van der Waals surface area contributed by atoms with E-state index in [0.717, 1.165) is 27.9 Å². The number of nitriles is 1. The van der Waals surface area contributed by atoms with E-state index >= 15 is 0 Å². The summed E-state index contributed by atoms with van der Waals surface area (Å²) in [7, 11) is 0. The molecule has 0 aliphatic heterocycles. The lowest BCUT2D eigenvalue weighted by atomic mass is 10.1. The van der Waals surface area contributed by atoms with Crippen LogP contribution < -0.4 is 15.4 Å². The largest absolute Gasteiger partial charge is 0.483 e. The van der Waals surface area contributed by atoms with Gasteiger partial charge in [0.25, 0.3) is 11.8 Å². The average Bonchev–Trinajstić information content (AvgIpc) is 2.82. The normalized spacial score (nSPS) is 10.9. The molecule has 0 bridgehead atoms. The number of amides is 2. The third-order valence-corrected chi connectivity index (χ3v) is 6.34. The molecule has 3 rings (SSSR count). The van der Waals surface area contributed by atoms with E-state index in [1.54, 1.807) is 24.3 Å². The standard InChI is InChI=1S/C28H26BrN3O3/c1-17-7-5-9-24(19(17)3)31-27(33)16-35-26-12-11-21(14-23(26)29)13-22(15-30)28(34)32-25-10-6-8-18(2)20(25)4/h5-14H,16H2,1-4H3,(H,31,33)(H,32,34)/b22-13-. The minimum atomic E-state index is -0.485. The Kier molecular flexibility index (Phi) is 8.45. The van der Waals surface area contributed by atoms with Crippen molar-refractivity contribution in [1.82, 2.24) is 0 Å². The van der Waals surface area contributed by atoms with E-state index in [4.69, 9.17) is 4.74 Å². The van der Waals surface area contributed by atoms with E-state index in [9.17, 15) is 14.9 Å². The van der Waals surface area contributed by atoms with Crippen molar-refractivity contribution in [2.75, 3.05) is 17.2 Å². The fraction of sp³-hybridized carbons (Fsp3) is 0.179. The predicted molar refractivity (Wildman–Crippen MR) is 142 cm³/mol. The summed E-state index contributed by atoms with van der Waals surface area (Å²) in [5, 5.41) is 15.2. The summed E-state index contributed by atoms with van der Waals surface area (Å²) in [4.78, 5) is 25.0. The van der Waals surface area contributed by atoms with Gasteiger partial charge >= 0.3 is 0 Å². The highest BCUT2D eigenvalue weighted by Crippen LogP contribution is 2.27. The number of carbonyl (C=O) groups is 2. The molecule has 2 amide bonds. The maximum absolute atomic E-state index is 12.7. The van der Waals surface area contributed by atoms with E-state index in [2.05, 4.69) is 26.6 Å². The Morgan fingerprint density at radius 1 is 0.943 bits per heavy atom. The summed E-state index contributed by atoms with van der Waals surface area (Å²) in [6.45, 7) is 7.65. The van der Waals surface area contributed by atoms with Crippen LogP contribution in [0.25, 0.3) is 6.08 Å². The third kappa shape index (κ3) is 6.58. The van der Waals surface area contributed by atoms with E-state index in [-0.39, 0.29) is 18.1 Å². The van der Waals surface area contributed by atoms with Gasteiger partial charge < -0.3 is 15.4 Å². The first-order valence-corrected chi connectivity index (χ1v) is 11.8. The Hall–Kier alpha value is -3.89. The maximum atomic E-state index is 12.7. The van der Waals surface area contributed by atoms with Crippen LogP contribution in [0.1, 0.15) is 27.8 Å². The quantitative estimate of drug-likeness (QED) is 0.278. The topological polar surface area (TPSA) is 91.2 Å². The predicted octanol–water partition coefficient (Wildman–Crippen LogP) is 6.25. The zero-order chi connectivity index (χ0) is 25.5. The summed E-state index contributed by atoms with van der Waals surface area (Å²) in [5.74, 6) is -0.290. The van der Waals surface area contributed by atoms with Gasteiger partial charge in [-0.15, -0.1) is 0 Å². The first-order chi connectivity index (χ1) is 16.7. The summed E-state index contributed by atoms with van der Waals surface area (Å²) < 4.78 is 6.25. The van der Waals surface area contributed by atoms with Gasteiger partial charge in [-0.3, -0.25) is 9.59 Å². The van der Waals surface area contributed by atoms with Crippen LogP contribution in [-0.4, -0.2) is 18.4 Å². The van der Waals surface area contributed by atoms with Gasteiger partial charge in [0.1, 0.15) is 17.4 Å². The minimum Gasteiger partial charge on any atom is -0.483 e. The molecule has 3 aromatic carbocycles. The van der Waals surface area contributed by atoms with Gasteiger partial charge in [0.15, 0.2) is 6.61 Å². The van der Waals surface area contributed by atoms with Crippen LogP contribution in [0, 0.1) is 39.0 Å². The van der Waals surface area contributed by atoms with Crippen LogP contribution in [0.15, 0.2) is 64.6 Å². The first kappa shape index (κ1) is 25.7. The molecule has 3 aromatic rings. The molecule has 35 heavy (non-hydrogen) atoms. The molecular weight excluding hydrogens is 506 g/mol. The zero-order valence-corrected chi connectivity index (χ0v) is 21.6. The van der Waals surface area contributed by atoms with Crippen LogP contribution in [0.3, 0.4) is 0 Å². The second kappa shape index (κ2) is 11.5. The second-order valence-electron chi connectivity index (χ2n) is 8.15. The monoisotopic (exact) mass is 531 g/mol. The molecule has 0 aliphatic carbocycles. The highest BCUT2D eigenvalue weighted by molar-refractivity contribution is 9.10. The smallest absolute Gasteiger partial charge is 0.266 e. The number of hydrogen-bond acceptors (Lipinski definition) is 4. The number of hydrogen-bond donors (Lipinski definition) is 2. The van der Waals surface area contributed by atoms with Crippen molar-refractivity contribution in [3.63, 3.8) is 0 Å². The van der Waals surface area contributed by atoms with E-state index in [0.29, 0.717) is 21.5 Å². The molecule has 0 saturated carbocycles. The number of rotatable bonds is 7. The highest BCUT2D eigenvalue weighted by atomic mass is 79.9. The van der Waals surface area contributed by atoms with Gasteiger partial charge in [-0.2, -0.15) is 5.26 Å². The minimum absolute atomic E-state index is 0.0284. The molecule has 0 spiro atoms. The van der Waals surface area contributed by atoms with Crippen molar-refractivity contribution in [1.29, 1.82) is 5.26 Å². The molecule has 0 heterocycles. The summed E-state index contributed by atoms with van der Waals surface area (Å²) in [6, 6.07) is 18.4. The van der Waals surface area contributed by atoms with Crippen molar-refractivity contribution >= 4 is 45.2 Å². The fourth-order valence-electron chi connectivity index (χ4n) is 3.33. The molecule has 0 aromatic heterocycles. The number of halogens is 1. The molecule has 7 heteroatoms. The molecule has 0 atom stereocenters. The van der Waals surface area contributed by atoms with Crippen LogP contribution in [0.4, 0.5) is 11.4 Å². The van der Waals surface area contributed by atoms with Crippen LogP contribution >= 0.6 is 15.9 Å². The van der Waals surface area contributed by atoms with E-state index < -0.39 is 5.91 Å². The molecule has 0 saturated heterocycles. The molecule has 0 radical (unpaired) electrons. The second-order valence-corrected chi connectivity index (χ2v) is 9.00. The Labute approximate surface area is 213 Å². The summed E-state index contributed by atoms with van der Waals surface area (Å²) >= 11 is 3.44. The summed E-state index contributed by atoms with van der Waals surface area (Å²) in [5.41, 5.74) is 6.12. The van der Waals surface area contributed by atoms with Crippen molar-refractivity contribution in [2.45, 2.75) is 27.7 Å². The van der Waals surface area contributed by atoms with Gasteiger partial charge in [-0.1, -0.05) is 30.3 Å². The zero-order valence-electron chi connectivity index (χ0n) is 20.0. The van der Waals surface area contributed by atoms with E-state index in [1.165, 1.54) is 6.08 Å². The van der Waals surface area contributed by atoms with Gasteiger partial charge in [-0.25, -0.2) is 0 Å². The third-order valence-electron chi connectivity index (χ3n) is 5.72. The number of nitrogens with one attached hydrogen (secondary N) is 2. The number of nitrogens with zero attached hydrogens (tertiary/aromatic N) is 1. The number of ether oxygens (including phenoxy) is 1. The molecular formula is C28H26BrN3O3. The number of anilines is 2. The molecule has 0 unspecified atom stereocenters. The van der Waals surface area contributed by atoms with Crippen LogP contribution in [0.2, 0.25) is 0 Å². The molecule has 6 nitrogen and oxygen atoms in total. The molecule has 178 valence electrons. The van der Waals surface area contributed by atoms with Crippen molar-refractivity contribution in [3.8, 4) is 11.8 Å². The van der Waals surface area contributed by atoms with Gasteiger partial charge in [0.2, 0.25) is 0 Å². The number of carbonyl (C=O) groups excluding carboxylic acids is 2. The SMILES string of the molecule is Cc1cccc(NC(=O)COc2ccc(/C=C(/C#N)C(=O)Nc3cccc(C)c3C)cc2Br)c1C. The molecule has 2 N–H and O–H groups in total. The maximum Gasteiger partial charge on any atom is 0.266 e. The number of benzene rings is 3. The van der Waals surface area contributed by atoms with Gasteiger partial charge in [-0.05, 0) is 102 Å². The van der Waals surface area contributed by atoms with Gasteiger partial charge in [0.05, 0.1) is 4.47 Å². The average molecular weight is 532 g/mol. The van der Waals surface area contributed by atoms with Gasteiger partial charge in [0, 0.05) is 11.4 Å². The Morgan fingerprint density at radius 3 is 2.11 bits per heavy atom. The van der Waals surface area contributed by atoms with Crippen LogP contribution in [-0.2, 0) is 9.59 Å².